The van der Waals surface area contributed by atoms with Gasteiger partial charge in [-0.3, -0.25) is 4.79 Å². The lowest BCUT2D eigenvalue weighted by molar-refractivity contribution is -0.134. The maximum atomic E-state index is 11.9. The number of halogens is 1. The van der Waals surface area contributed by atoms with Crippen LogP contribution in [0.1, 0.15) is 27.2 Å². The molecule has 2 nitrogen and oxygen atoms in total. The SMILES string of the molecule is CC1CC1C(=O)N(CCBr)C(C)C. The normalized spacial score (nSPS) is 26.2. The Labute approximate surface area is 88.8 Å². The first kappa shape index (κ1) is 11.0. The van der Waals surface area contributed by atoms with Crippen molar-refractivity contribution in [3.63, 3.8) is 0 Å². The number of nitrogens with zero attached hydrogens (tertiary/aromatic N) is 1. The molecule has 2 atom stereocenters. The van der Waals surface area contributed by atoms with E-state index in [1.165, 1.54) is 0 Å². The third-order valence-electron chi connectivity index (χ3n) is 2.66. The van der Waals surface area contributed by atoms with Gasteiger partial charge < -0.3 is 4.90 Å². The second-order valence-electron chi connectivity index (χ2n) is 4.13. The lowest BCUT2D eigenvalue weighted by atomic mass is 10.2. The molecule has 0 aliphatic heterocycles. The molecule has 0 aromatic rings. The number of carbonyl (C=O) groups is 1. The van der Waals surface area contributed by atoms with Gasteiger partial charge in [0.1, 0.15) is 0 Å². The van der Waals surface area contributed by atoms with Gasteiger partial charge in [0.05, 0.1) is 0 Å². The van der Waals surface area contributed by atoms with Crippen molar-refractivity contribution >= 4 is 21.8 Å². The Hall–Kier alpha value is -0.0500. The molecule has 0 radical (unpaired) electrons. The average molecular weight is 248 g/mol. The highest BCUT2D eigenvalue weighted by atomic mass is 79.9. The van der Waals surface area contributed by atoms with Gasteiger partial charge >= 0.3 is 0 Å². The van der Waals surface area contributed by atoms with Gasteiger partial charge in [-0.15, -0.1) is 0 Å². The van der Waals surface area contributed by atoms with Gasteiger partial charge in [-0.2, -0.15) is 0 Å². The first-order valence-corrected chi connectivity index (χ1v) is 6.06. The molecule has 13 heavy (non-hydrogen) atoms. The van der Waals surface area contributed by atoms with E-state index >= 15 is 0 Å². The fraction of sp³-hybridized carbons (Fsp3) is 0.900. The number of rotatable bonds is 4. The highest BCUT2D eigenvalue weighted by Gasteiger charge is 2.41. The van der Waals surface area contributed by atoms with Crippen LogP contribution in [-0.4, -0.2) is 28.7 Å². The Balaban J connectivity index is 2.49. The van der Waals surface area contributed by atoms with Gasteiger partial charge in [0.2, 0.25) is 5.91 Å². The predicted octanol–water partition coefficient (Wildman–Crippen LogP) is 2.27. The highest BCUT2D eigenvalue weighted by molar-refractivity contribution is 9.09. The molecule has 2 unspecified atom stereocenters. The topological polar surface area (TPSA) is 20.3 Å². The largest absolute Gasteiger partial charge is 0.339 e. The van der Waals surface area contributed by atoms with Gasteiger partial charge in [0, 0.05) is 23.8 Å². The highest BCUT2D eigenvalue weighted by Crippen LogP contribution is 2.39. The van der Waals surface area contributed by atoms with Gasteiger partial charge in [0.25, 0.3) is 0 Å². The van der Waals surface area contributed by atoms with Crippen LogP contribution in [0.25, 0.3) is 0 Å². The third-order valence-corrected chi connectivity index (χ3v) is 3.01. The summed E-state index contributed by atoms with van der Waals surface area (Å²) in [6, 6.07) is 0.331. The molecule has 1 aliphatic rings. The van der Waals surface area contributed by atoms with Crippen molar-refractivity contribution < 1.29 is 4.79 Å². The monoisotopic (exact) mass is 247 g/mol. The van der Waals surface area contributed by atoms with Gasteiger partial charge in [0.15, 0.2) is 0 Å². The van der Waals surface area contributed by atoms with E-state index in [1.807, 2.05) is 4.90 Å². The fourth-order valence-electron chi connectivity index (χ4n) is 1.59. The van der Waals surface area contributed by atoms with Gasteiger partial charge in [-0.25, -0.2) is 0 Å². The number of hydrogen-bond acceptors (Lipinski definition) is 1. The summed E-state index contributed by atoms with van der Waals surface area (Å²) < 4.78 is 0. The summed E-state index contributed by atoms with van der Waals surface area (Å²) >= 11 is 3.38. The summed E-state index contributed by atoms with van der Waals surface area (Å²) in [5.74, 6) is 1.28. The molecule has 0 aromatic carbocycles. The van der Waals surface area contributed by atoms with E-state index in [1.54, 1.807) is 0 Å². The zero-order valence-electron chi connectivity index (χ0n) is 8.59. The summed E-state index contributed by atoms with van der Waals surface area (Å²) in [6.07, 6.45) is 1.09. The van der Waals surface area contributed by atoms with E-state index in [4.69, 9.17) is 0 Å². The van der Waals surface area contributed by atoms with Crippen molar-refractivity contribution in [2.75, 3.05) is 11.9 Å². The Morgan fingerprint density at radius 2 is 2.15 bits per heavy atom. The quantitative estimate of drug-likeness (QED) is 0.699. The first-order chi connectivity index (χ1) is 6.07. The Bertz CT molecular complexity index is 193. The Morgan fingerprint density at radius 1 is 1.62 bits per heavy atom. The van der Waals surface area contributed by atoms with E-state index in [-0.39, 0.29) is 0 Å². The lowest BCUT2D eigenvalue weighted by Crippen LogP contribution is -2.39. The van der Waals surface area contributed by atoms with Crippen LogP contribution >= 0.6 is 15.9 Å². The zero-order chi connectivity index (χ0) is 10.0. The summed E-state index contributed by atoms with van der Waals surface area (Å²) in [7, 11) is 0. The standard InChI is InChI=1S/C10H18BrNO/c1-7(2)12(5-4-11)10(13)9-6-8(9)3/h7-9H,4-6H2,1-3H3. The number of amides is 1. The molecule has 0 N–H and O–H groups in total. The van der Waals surface area contributed by atoms with Crippen molar-refractivity contribution in [2.45, 2.75) is 33.2 Å². The van der Waals surface area contributed by atoms with Crippen LogP contribution in [-0.2, 0) is 4.79 Å². The second kappa shape index (κ2) is 4.45. The molecule has 0 saturated heterocycles. The second-order valence-corrected chi connectivity index (χ2v) is 4.93. The van der Waals surface area contributed by atoms with Crippen LogP contribution in [0.3, 0.4) is 0 Å². The number of hydrogen-bond donors (Lipinski definition) is 0. The summed E-state index contributed by atoms with van der Waals surface area (Å²) in [4.78, 5) is 13.8. The third kappa shape index (κ3) is 2.70. The lowest BCUT2D eigenvalue weighted by Gasteiger charge is -2.26. The van der Waals surface area contributed by atoms with E-state index in [0.29, 0.717) is 23.8 Å². The maximum Gasteiger partial charge on any atom is 0.226 e. The molecule has 1 aliphatic carbocycles. The van der Waals surface area contributed by atoms with E-state index in [0.717, 1.165) is 18.3 Å². The molecule has 1 rings (SSSR count). The summed E-state index contributed by atoms with van der Waals surface area (Å²) in [6.45, 7) is 7.14. The first-order valence-electron chi connectivity index (χ1n) is 4.94. The van der Waals surface area contributed by atoms with Crippen molar-refractivity contribution in [1.82, 2.24) is 4.90 Å². The Kier molecular flexibility index (Phi) is 3.77. The molecule has 0 spiro atoms. The van der Waals surface area contributed by atoms with Crippen LogP contribution in [0.15, 0.2) is 0 Å². The van der Waals surface area contributed by atoms with Crippen molar-refractivity contribution in [3.05, 3.63) is 0 Å². The van der Waals surface area contributed by atoms with Crippen LogP contribution in [0.4, 0.5) is 0 Å². The van der Waals surface area contributed by atoms with E-state index in [9.17, 15) is 4.79 Å². The molecule has 0 heterocycles. The Morgan fingerprint density at radius 3 is 2.46 bits per heavy atom. The smallest absolute Gasteiger partial charge is 0.226 e. The van der Waals surface area contributed by atoms with Crippen molar-refractivity contribution in [2.24, 2.45) is 11.8 Å². The van der Waals surface area contributed by atoms with Crippen LogP contribution in [0, 0.1) is 11.8 Å². The molecule has 1 saturated carbocycles. The molecule has 1 fully saturated rings. The van der Waals surface area contributed by atoms with Gasteiger partial charge in [-0.05, 0) is 26.2 Å². The van der Waals surface area contributed by atoms with Crippen molar-refractivity contribution in [1.29, 1.82) is 0 Å². The van der Waals surface area contributed by atoms with E-state index in [2.05, 4.69) is 36.7 Å². The zero-order valence-corrected chi connectivity index (χ0v) is 10.2. The van der Waals surface area contributed by atoms with Crippen molar-refractivity contribution in [3.8, 4) is 0 Å². The molecular weight excluding hydrogens is 230 g/mol. The van der Waals surface area contributed by atoms with Crippen LogP contribution in [0.5, 0.6) is 0 Å². The fourth-order valence-corrected chi connectivity index (χ4v) is 1.98. The van der Waals surface area contributed by atoms with Crippen LogP contribution in [0.2, 0.25) is 0 Å². The van der Waals surface area contributed by atoms with Gasteiger partial charge in [-0.1, -0.05) is 22.9 Å². The molecular formula is C10H18BrNO. The number of carbonyl (C=O) groups excluding carboxylic acids is 1. The molecule has 0 bridgehead atoms. The van der Waals surface area contributed by atoms with E-state index < -0.39 is 0 Å². The minimum atomic E-state index is 0.321. The molecule has 76 valence electrons. The molecule has 0 aromatic heterocycles. The summed E-state index contributed by atoms with van der Waals surface area (Å²) in [5, 5.41) is 0.873. The molecule has 1 amide bonds. The van der Waals surface area contributed by atoms with Crippen LogP contribution < -0.4 is 0 Å². The predicted molar refractivity (Wildman–Crippen MR) is 57.9 cm³/mol. The number of alkyl halides is 1. The minimum absolute atomic E-state index is 0.321. The minimum Gasteiger partial charge on any atom is -0.339 e. The average Bonchev–Trinajstić information content (AvgIpc) is 2.76. The molecule has 3 heteroatoms. The summed E-state index contributed by atoms with van der Waals surface area (Å²) in [5.41, 5.74) is 0. The maximum absolute atomic E-state index is 11.9.